The van der Waals surface area contributed by atoms with E-state index in [0.29, 0.717) is 41.7 Å². The molecule has 1 saturated heterocycles. The molecule has 2 amide bonds. The molecule has 27 heavy (non-hydrogen) atoms. The normalized spacial score (nSPS) is 17.1. The van der Waals surface area contributed by atoms with E-state index in [0.717, 1.165) is 0 Å². The number of hydrogen-bond donors (Lipinski definition) is 1. The topological polar surface area (TPSA) is 117 Å². The third-order valence-corrected chi connectivity index (χ3v) is 4.82. The SMILES string of the molecule is Cc1cc(C(=O)N(C)CC(=O)N2CCCC(C(=O)O)C2)c2c(C)noc2n1. The number of aliphatic carboxylic acids is 1. The minimum Gasteiger partial charge on any atom is -0.481 e. The molecule has 1 N–H and O–H groups in total. The molecule has 0 spiro atoms. The number of nitrogens with zero attached hydrogens (tertiary/aromatic N) is 4. The first kappa shape index (κ1) is 18.8. The molecule has 0 bridgehead atoms. The Labute approximate surface area is 155 Å². The van der Waals surface area contributed by atoms with Crippen molar-refractivity contribution in [3.8, 4) is 0 Å². The number of carboxylic acid groups (broad SMARTS) is 1. The van der Waals surface area contributed by atoms with E-state index in [2.05, 4.69) is 10.1 Å². The maximum absolute atomic E-state index is 12.9. The number of amides is 2. The average molecular weight is 374 g/mol. The third kappa shape index (κ3) is 3.76. The van der Waals surface area contributed by atoms with Gasteiger partial charge >= 0.3 is 5.97 Å². The maximum Gasteiger partial charge on any atom is 0.308 e. The molecule has 1 fully saturated rings. The summed E-state index contributed by atoms with van der Waals surface area (Å²) in [5.74, 6) is -2.04. The number of piperidine rings is 1. The number of likely N-dealkylation sites (N-methyl/N-ethyl adjacent to an activating group) is 1. The largest absolute Gasteiger partial charge is 0.481 e. The standard InChI is InChI=1S/C18H22N4O5/c1-10-7-13(15-11(2)20-27-16(15)19-10)17(24)21(3)9-14(23)22-6-4-5-12(8-22)18(25)26/h7,12H,4-6,8-9H2,1-3H3,(H,25,26). The van der Waals surface area contributed by atoms with Crippen LogP contribution < -0.4 is 0 Å². The van der Waals surface area contributed by atoms with Gasteiger partial charge in [-0.05, 0) is 32.8 Å². The Morgan fingerprint density at radius 1 is 1.37 bits per heavy atom. The van der Waals surface area contributed by atoms with Crippen LogP contribution in [-0.4, -0.2) is 69.5 Å². The predicted octanol–water partition coefficient (Wildman–Crippen LogP) is 1.23. The molecule has 0 aliphatic carbocycles. The summed E-state index contributed by atoms with van der Waals surface area (Å²) >= 11 is 0. The minimum absolute atomic E-state index is 0.127. The molecule has 3 heterocycles. The second-order valence-corrected chi connectivity index (χ2v) is 6.94. The molecule has 0 saturated carbocycles. The fourth-order valence-electron chi connectivity index (χ4n) is 3.37. The number of carboxylic acids is 1. The summed E-state index contributed by atoms with van der Waals surface area (Å²) in [5, 5.41) is 13.6. The van der Waals surface area contributed by atoms with Crippen molar-refractivity contribution in [3.63, 3.8) is 0 Å². The van der Waals surface area contributed by atoms with Crippen molar-refractivity contribution in [2.75, 3.05) is 26.7 Å². The van der Waals surface area contributed by atoms with Gasteiger partial charge in [-0.2, -0.15) is 0 Å². The van der Waals surface area contributed by atoms with Crippen LogP contribution in [0.3, 0.4) is 0 Å². The highest BCUT2D eigenvalue weighted by atomic mass is 16.5. The molecule has 144 valence electrons. The zero-order valence-corrected chi connectivity index (χ0v) is 15.6. The van der Waals surface area contributed by atoms with Gasteiger partial charge in [-0.1, -0.05) is 5.16 Å². The van der Waals surface area contributed by atoms with Gasteiger partial charge in [-0.15, -0.1) is 0 Å². The van der Waals surface area contributed by atoms with E-state index in [1.807, 2.05) is 0 Å². The van der Waals surface area contributed by atoms with E-state index in [9.17, 15) is 14.4 Å². The number of aromatic nitrogens is 2. The molecule has 1 aliphatic rings. The number of pyridine rings is 1. The molecule has 0 aromatic carbocycles. The van der Waals surface area contributed by atoms with Crippen LogP contribution in [0.4, 0.5) is 0 Å². The Bertz CT molecular complexity index is 907. The number of fused-ring (bicyclic) bond motifs is 1. The van der Waals surface area contributed by atoms with Gasteiger partial charge in [0.2, 0.25) is 5.91 Å². The molecule has 1 aliphatic heterocycles. The molecule has 1 atom stereocenters. The van der Waals surface area contributed by atoms with Crippen LogP contribution in [0, 0.1) is 19.8 Å². The summed E-state index contributed by atoms with van der Waals surface area (Å²) in [5.41, 5.74) is 1.84. The van der Waals surface area contributed by atoms with Crippen molar-refractivity contribution in [2.45, 2.75) is 26.7 Å². The lowest BCUT2D eigenvalue weighted by Crippen LogP contribution is -2.46. The van der Waals surface area contributed by atoms with Crippen LogP contribution >= 0.6 is 0 Å². The van der Waals surface area contributed by atoms with Crippen molar-refractivity contribution in [1.82, 2.24) is 19.9 Å². The Balaban J connectivity index is 1.75. The average Bonchev–Trinajstić information content (AvgIpc) is 3.01. The lowest BCUT2D eigenvalue weighted by Gasteiger charge is -2.32. The van der Waals surface area contributed by atoms with E-state index in [4.69, 9.17) is 9.63 Å². The van der Waals surface area contributed by atoms with Crippen LogP contribution in [0.15, 0.2) is 10.6 Å². The van der Waals surface area contributed by atoms with Gasteiger partial charge in [0.15, 0.2) is 0 Å². The lowest BCUT2D eigenvalue weighted by atomic mass is 9.98. The summed E-state index contributed by atoms with van der Waals surface area (Å²) in [7, 11) is 1.54. The number of carbonyl (C=O) groups is 3. The summed E-state index contributed by atoms with van der Waals surface area (Å²) in [6.45, 7) is 4.04. The van der Waals surface area contributed by atoms with Crippen molar-refractivity contribution in [1.29, 1.82) is 0 Å². The second kappa shape index (κ2) is 7.34. The molecule has 3 rings (SSSR count). The summed E-state index contributed by atoms with van der Waals surface area (Å²) in [6, 6.07) is 1.65. The number of aryl methyl sites for hydroxylation is 2. The summed E-state index contributed by atoms with van der Waals surface area (Å²) < 4.78 is 5.15. The maximum atomic E-state index is 12.9. The number of rotatable bonds is 4. The molecular formula is C18H22N4O5. The van der Waals surface area contributed by atoms with E-state index in [1.165, 1.54) is 9.80 Å². The quantitative estimate of drug-likeness (QED) is 0.855. The Morgan fingerprint density at radius 2 is 2.11 bits per heavy atom. The minimum atomic E-state index is -0.894. The highest BCUT2D eigenvalue weighted by molar-refractivity contribution is 6.06. The number of carbonyl (C=O) groups excluding carboxylic acids is 2. The van der Waals surface area contributed by atoms with Gasteiger partial charge in [0, 0.05) is 25.8 Å². The van der Waals surface area contributed by atoms with E-state index >= 15 is 0 Å². The first-order valence-electron chi connectivity index (χ1n) is 8.77. The van der Waals surface area contributed by atoms with Crippen molar-refractivity contribution >= 4 is 28.9 Å². The lowest BCUT2D eigenvalue weighted by molar-refractivity contribution is -0.145. The van der Waals surface area contributed by atoms with Gasteiger partial charge in [0.25, 0.3) is 11.6 Å². The van der Waals surface area contributed by atoms with E-state index in [1.54, 1.807) is 27.0 Å². The van der Waals surface area contributed by atoms with Crippen LogP contribution in [0.25, 0.3) is 11.1 Å². The number of hydrogen-bond acceptors (Lipinski definition) is 6. The number of likely N-dealkylation sites (tertiary alicyclic amines) is 1. The monoisotopic (exact) mass is 374 g/mol. The highest BCUT2D eigenvalue weighted by Crippen LogP contribution is 2.23. The first-order valence-corrected chi connectivity index (χ1v) is 8.77. The fraction of sp³-hybridized carbons (Fsp3) is 0.500. The third-order valence-electron chi connectivity index (χ3n) is 4.82. The predicted molar refractivity (Wildman–Crippen MR) is 95.2 cm³/mol. The van der Waals surface area contributed by atoms with E-state index < -0.39 is 11.9 Å². The molecule has 1 unspecified atom stereocenters. The second-order valence-electron chi connectivity index (χ2n) is 6.94. The molecular weight excluding hydrogens is 352 g/mol. The molecule has 2 aromatic heterocycles. The van der Waals surface area contributed by atoms with Crippen LogP contribution in [0.1, 0.15) is 34.6 Å². The van der Waals surface area contributed by atoms with Gasteiger partial charge in [0.1, 0.15) is 0 Å². The zero-order chi connectivity index (χ0) is 19.7. The van der Waals surface area contributed by atoms with Crippen molar-refractivity contribution in [3.05, 3.63) is 23.0 Å². The first-order chi connectivity index (χ1) is 12.8. The Morgan fingerprint density at radius 3 is 2.81 bits per heavy atom. The van der Waals surface area contributed by atoms with Gasteiger partial charge in [-0.3, -0.25) is 14.4 Å². The molecule has 2 aromatic rings. The fourth-order valence-corrected chi connectivity index (χ4v) is 3.37. The van der Waals surface area contributed by atoms with Crippen LogP contribution in [0.2, 0.25) is 0 Å². The zero-order valence-electron chi connectivity index (χ0n) is 15.6. The van der Waals surface area contributed by atoms with Crippen molar-refractivity contribution < 1.29 is 24.0 Å². The smallest absolute Gasteiger partial charge is 0.308 e. The molecule has 0 radical (unpaired) electrons. The van der Waals surface area contributed by atoms with Gasteiger partial charge in [0.05, 0.1) is 29.1 Å². The van der Waals surface area contributed by atoms with Gasteiger partial charge in [-0.25, -0.2) is 4.98 Å². The van der Waals surface area contributed by atoms with Crippen molar-refractivity contribution in [2.24, 2.45) is 5.92 Å². The van der Waals surface area contributed by atoms with E-state index in [-0.39, 0.29) is 30.6 Å². The molecule has 9 nitrogen and oxygen atoms in total. The molecule has 9 heteroatoms. The Kier molecular flexibility index (Phi) is 5.11. The van der Waals surface area contributed by atoms with Crippen LogP contribution in [-0.2, 0) is 9.59 Å². The van der Waals surface area contributed by atoms with Gasteiger partial charge < -0.3 is 19.4 Å². The van der Waals surface area contributed by atoms with Crippen LogP contribution in [0.5, 0.6) is 0 Å². The summed E-state index contributed by atoms with van der Waals surface area (Å²) in [4.78, 5) is 43.7. The summed E-state index contributed by atoms with van der Waals surface area (Å²) in [6.07, 6.45) is 1.21. The highest BCUT2D eigenvalue weighted by Gasteiger charge is 2.29. The Hall–Kier alpha value is -2.97.